The first-order valence-electron chi connectivity index (χ1n) is 7.67. The predicted octanol–water partition coefficient (Wildman–Crippen LogP) is 3.61. The second-order valence-electron chi connectivity index (χ2n) is 5.02. The molecule has 0 saturated heterocycles. The van der Waals surface area contributed by atoms with Crippen LogP contribution in [0.1, 0.15) is 23.6 Å². The van der Waals surface area contributed by atoms with Gasteiger partial charge in [0.25, 0.3) is 0 Å². The number of hydrogen-bond acceptors (Lipinski definition) is 5. The number of esters is 1. The molecule has 124 valence electrons. The first-order chi connectivity index (χ1) is 12.2. The van der Waals surface area contributed by atoms with Gasteiger partial charge in [-0.25, -0.2) is 4.79 Å². The molecule has 0 N–H and O–H groups in total. The third kappa shape index (κ3) is 4.95. The third-order valence-electron chi connectivity index (χ3n) is 3.34. The van der Waals surface area contributed by atoms with E-state index in [1.165, 1.54) is 6.08 Å². The molecule has 5 heteroatoms. The maximum absolute atomic E-state index is 12.1. The molecule has 0 spiro atoms. The summed E-state index contributed by atoms with van der Waals surface area (Å²) in [5.74, 6) is -0.0158. The summed E-state index contributed by atoms with van der Waals surface area (Å²) in [4.78, 5) is 12.1. The highest BCUT2D eigenvalue weighted by Gasteiger charge is 2.12. The molecule has 0 fully saturated rings. The zero-order chi connectivity index (χ0) is 18.1. The fourth-order valence-electron chi connectivity index (χ4n) is 2.11. The summed E-state index contributed by atoms with van der Waals surface area (Å²) < 4.78 is 10.5. The van der Waals surface area contributed by atoms with Crippen LogP contribution in [0.4, 0.5) is 0 Å². The van der Waals surface area contributed by atoms with Crippen LogP contribution in [0.2, 0.25) is 0 Å². The molecule has 2 aromatic rings. The number of carbonyl (C=O) groups excluding carboxylic acids is 1. The van der Waals surface area contributed by atoms with Crippen molar-refractivity contribution in [3.8, 4) is 17.9 Å². The molecule has 2 rings (SSSR count). The van der Waals surface area contributed by atoms with E-state index in [1.807, 2.05) is 19.1 Å². The van der Waals surface area contributed by atoms with Crippen LogP contribution in [0.15, 0.2) is 54.1 Å². The fourth-order valence-corrected chi connectivity index (χ4v) is 2.11. The van der Waals surface area contributed by atoms with E-state index in [9.17, 15) is 10.1 Å². The number of nitriles is 2. The number of benzene rings is 2. The Balaban J connectivity index is 2.08. The van der Waals surface area contributed by atoms with E-state index in [1.54, 1.807) is 48.5 Å². The Morgan fingerprint density at radius 2 is 1.84 bits per heavy atom. The Morgan fingerprint density at radius 1 is 1.12 bits per heavy atom. The quantitative estimate of drug-likeness (QED) is 0.458. The van der Waals surface area contributed by atoms with Crippen molar-refractivity contribution in [1.29, 1.82) is 10.5 Å². The molecule has 0 radical (unpaired) electrons. The van der Waals surface area contributed by atoms with Gasteiger partial charge in [0.05, 0.1) is 18.2 Å². The topological polar surface area (TPSA) is 83.1 Å². The van der Waals surface area contributed by atoms with Gasteiger partial charge in [0.1, 0.15) is 24.0 Å². The molecule has 0 aliphatic rings. The van der Waals surface area contributed by atoms with Gasteiger partial charge in [-0.05, 0) is 36.8 Å². The van der Waals surface area contributed by atoms with E-state index < -0.39 is 5.97 Å². The largest absolute Gasteiger partial charge is 0.494 e. The van der Waals surface area contributed by atoms with Crippen molar-refractivity contribution in [2.24, 2.45) is 0 Å². The Kier molecular flexibility index (Phi) is 6.33. The minimum Gasteiger partial charge on any atom is -0.494 e. The number of ether oxygens (including phenoxy) is 2. The molecule has 5 nitrogen and oxygen atoms in total. The van der Waals surface area contributed by atoms with E-state index >= 15 is 0 Å². The van der Waals surface area contributed by atoms with Gasteiger partial charge < -0.3 is 9.47 Å². The second kappa shape index (κ2) is 8.90. The summed E-state index contributed by atoms with van der Waals surface area (Å²) in [5, 5.41) is 18.2. The number of hydrogen-bond donors (Lipinski definition) is 0. The van der Waals surface area contributed by atoms with Crippen molar-refractivity contribution >= 4 is 12.0 Å². The maximum atomic E-state index is 12.1. The highest BCUT2D eigenvalue weighted by Crippen LogP contribution is 2.16. The Bertz CT molecular complexity index is 856. The molecule has 0 unspecified atom stereocenters. The summed E-state index contributed by atoms with van der Waals surface area (Å²) in [6.45, 7) is 2.39. The van der Waals surface area contributed by atoms with Crippen molar-refractivity contribution in [3.63, 3.8) is 0 Å². The number of carbonyl (C=O) groups is 1. The number of nitrogens with zero attached hydrogens (tertiary/aromatic N) is 2. The first-order valence-corrected chi connectivity index (χ1v) is 7.67. The Labute approximate surface area is 146 Å². The fraction of sp³-hybridized carbons (Fsp3) is 0.150. The molecule has 0 bridgehead atoms. The average Bonchev–Trinajstić information content (AvgIpc) is 2.66. The van der Waals surface area contributed by atoms with Crippen LogP contribution in [-0.2, 0) is 16.1 Å². The van der Waals surface area contributed by atoms with Crippen LogP contribution in [0.5, 0.6) is 5.75 Å². The first kappa shape index (κ1) is 17.8. The Morgan fingerprint density at radius 3 is 2.48 bits per heavy atom. The molecule has 0 amide bonds. The summed E-state index contributed by atoms with van der Waals surface area (Å²) in [6, 6.07) is 17.7. The summed E-state index contributed by atoms with van der Waals surface area (Å²) in [6.07, 6.45) is 1.45. The molecule has 0 saturated carbocycles. The molecule has 25 heavy (non-hydrogen) atoms. The molecule has 0 aliphatic heterocycles. The van der Waals surface area contributed by atoms with Crippen molar-refractivity contribution < 1.29 is 14.3 Å². The van der Waals surface area contributed by atoms with Gasteiger partial charge in [-0.15, -0.1) is 0 Å². The van der Waals surface area contributed by atoms with Gasteiger partial charge in [0, 0.05) is 5.56 Å². The van der Waals surface area contributed by atoms with Crippen LogP contribution in [-0.4, -0.2) is 12.6 Å². The molecule has 0 atom stereocenters. The molecule has 0 aliphatic carbocycles. The molecule has 0 heterocycles. The van der Waals surface area contributed by atoms with Gasteiger partial charge in [0.2, 0.25) is 0 Å². The minimum absolute atomic E-state index is 0.0646. The van der Waals surface area contributed by atoms with E-state index in [2.05, 4.69) is 0 Å². The van der Waals surface area contributed by atoms with Crippen molar-refractivity contribution in [2.45, 2.75) is 13.5 Å². The molecular weight excluding hydrogens is 316 g/mol. The predicted molar refractivity (Wildman–Crippen MR) is 92.2 cm³/mol. The van der Waals surface area contributed by atoms with Crippen LogP contribution < -0.4 is 4.74 Å². The van der Waals surface area contributed by atoms with E-state index in [-0.39, 0.29) is 12.2 Å². The van der Waals surface area contributed by atoms with Crippen molar-refractivity contribution in [2.75, 3.05) is 6.61 Å². The second-order valence-corrected chi connectivity index (χ2v) is 5.02. The lowest BCUT2D eigenvalue weighted by Gasteiger charge is -2.06. The van der Waals surface area contributed by atoms with Crippen LogP contribution in [0.25, 0.3) is 6.08 Å². The minimum atomic E-state index is -0.732. The zero-order valence-electron chi connectivity index (χ0n) is 13.7. The molecule has 0 aromatic heterocycles. The standard InChI is InChI=1S/C20H16N2O3/c1-2-24-19-9-7-15(8-10-19)11-18(13-22)20(23)25-14-17-6-4-3-5-16(17)12-21/h3-11H,2,14H2,1H3/b18-11+. The van der Waals surface area contributed by atoms with Gasteiger partial charge >= 0.3 is 5.97 Å². The number of rotatable bonds is 6. The maximum Gasteiger partial charge on any atom is 0.349 e. The van der Waals surface area contributed by atoms with Crippen LogP contribution >= 0.6 is 0 Å². The summed E-state index contributed by atoms with van der Waals surface area (Å²) in [5.41, 5.74) is 1.61. The zero-order valence-corrected chi connectivity index (χ0v) is 13.7. The lowest BCUT2D eigenvalue weighted by molar-refractivity contribution is -0.139. The summed E-state index contributed by atoms with van der Waals surface area (Å²) in [7, 11) is 0. The average molecular weight is 332 g/mol. The van der Waals surface area contributed by atoms with Gasteiger partial charge in [-0.2, -0.15) is 10.5 Å². The molecular formula is C20H16N2O3. The van der Waals surface area contributed by atoms with E-state index in [0.717, 1.165) is 0 Å². The lowest BCUT2D eigenvalue weighted by Crippen LogP contribution is -2.07. The van der Waals surface area contributed by atoms with E-state index in [4.69, 9.17) is 14.7 Å². The van der Waals surface area contributed by atoms with Crippen LogP contribution in [0.3, 0.4) is 0 Å². The highest BCUT2D eigenvalue weighted by molar-refractivity contribution is 5.97. The SMILES string of the molecule is CCOc1ccc(/C=C(\C#N)C(=O)OCc2ccccc2C#N)cc1. The van der Waals surface area contributed by atoms with Gasteiger partial charge in [0.15, 0.2) is 0 Å². The third-order valence-corrected chi connectivity index (χ3v) is 3.34. The van der Waals surface area contributed by atoms with Crippen molar-refractivity contribution in [1.82, 2.24) is 0 Å². The van der Waals surface area contributed by atoms with Crippen molar-refractivity contribution in [3.05, 3.63) is 70.8 Å². The van der Waals surface area contributed by atoms with Gasteiger partial charge in [-0.1, -0.05) is 30.3 Å². The van der Waals surface area contributed by atoms with E-state index in [0.29, 0.717) is 29.0 Å². The summed E-state index contributed by atoms with van der Waals surface area (Å²) >= 11 is 0. The highest BCUT2D eigenvalue weighted by atomic mass is 16.5. The smallest absolute Gasteiger partial charge is 0.349 e. The lowest BCUT2D eigenvalue weighted by atomic mass is 10.1. The van der Waals surface area contributed by atoms with Crippen LogP contribution in [0, 0.1) is 22.7 Å². The monoisotopic (exact) mass is 332 g/mol. The van der Waals surface area contributed by atoms with Gasteiger partial charge in [-0.3, -0.25) is 0 Å². The Hall–Kier alpha value is -3.57. The normalized spacial score (nSPS) is 10.4. The molecule has 2 aromatic carbocycles.